The van der Waals surface area contributed by atoms with Crippen molar-refractivity contribution in [3.05, 3.63) is 89.0 Å². The Bertz CT molecular complexity index is 1360. The number of nitriles is 1. The molecule has 0 fully saturated rings. The van der Waals surface area contributed by atoms with Gasteiger partial charge >= 0.3 is 6.18 Å². The molecule has 1 heterocycles. The third-order valence-electron chi connectivity index (χ3n) is 6.75. The molecule has 0 aliphatic rings. The lowest BCUT2D eigenvalue weighted by atomic mass is 9.88. The largest absolute Gasteiger partial charge is 0.416 e. The molecule has 41 heavy (non-hydrogen) atoms. The number of aromatic nitrogens is 2. The predicted molar refractivity (Wildman–Crippen MR) is 155 cm³/mol. The minimum Gasteiger partial charge on any atom is -0.363 e. The molecular weight excluding hydrogens is 549 g/mol. The average Bonchev–Trinajstić information content (AvgIpc) is 3.36. The van der Waals surface area contributed by atoms with Crippen LogP contribution in [0.25, 0.3) is 0 Å². The second kappa shape index (κ2) is 14.2. The number of alkyl halides is 3. The molecule has 1 aromatic heterocycles. The summed E-state index contributed by atoms with van der Waals surface area (Å²) in [5.74, 6) is -0.764. The zero-order chi connectivity index (χ0) is 30.2. The number of carbonyl (C=O) groups is 1. The normalized spacial score (nSPS) is 13.0. The summed E-state index contributed by atoms with van der Waals surface area (Å²) in [7, 11) is 0. The molecule has 0 amide bonds. The number of thiocarbonyl (C=S) groups is 1. The van der Waals surface area contributed by atoms with Crippen LogP contribution < -0.4 is 11.1 Å². The van der Waals surface area contributed by atoms with Crippen molar-refractivity contribution in [3.63, 3.8) is 0 Å². The molecule has 218 valence electrons. The van der Waals surface area contributed by atoms with Crippen molar-refractivity contribution in [2.24, 2.45) is 17.6 Å². The van der Waals surface area contributed by atoms with Crippen LogP contribution in [0, 0.1) is 23.2 Å². The quantitative estimate of drug-likeness (QED) is 0.221. The summed E-state index contributed by atoms with van der Waals surface area (Å²) in [4.78, 5) is 19.5. The number of imidazole rings is 1. The van der Waals surface area contributed by atoms with Gasteiger partial charge in [0.25, 0.3) is 0 Å². The Hall–Kier alpha value is -3.75. The molecule has 1 unspecified atom stereocenters. The molecule has 2 aromatic carbocycles. The van der Waals surface area contributed by atoms with Gasteiger partial charge < -0.3 is 20.5 Å². The lowest BCUT2D eigenvalue weighted by molar-refractivity contribution is -0.138. The zero-order valence-electron chi connectivity index (χ0n) is 23.4. The van der Waals surface area contributed by atoms with Gasteiger partial charge in [-0.1, -0.05) is 44.2 Å². The summed E-state index contributed by atoms with van der Waals surface area (Å²) in [6.07, 6.45) is -1.78. The van der Waals surface area contributed by atoms with E-state index in [1.807, 2.05) is 37.5 Å². The number of nitrogens with one attached hydrogen (secondary N) is 1. The van der Waals surface area contributed by atoms with Crippen LogP contribution in [-0.2, 0) is 30.5 Å². The van der Waals surface area contributed by atoms with Gasteiger partial charge in [0.2, 0.25) is 0 Å². The van der Waals surface area contributed by atoms with Crippen molar-refractivity contribution >= 4 is 23.1 Å². The van der Waals surface area contributed by atoms with Gasteiger partial charge in [-0.05, 0) is 60.8 Å². The molecule has 0 radical (unpaired) electrons. The van der Waals surface area contributed by atoms with E-state index in [1.54, 1.807) is 24.7 Å². The Kier molecular flexibility index (Phi) is 11.0. The summed E-state index contributed by atoms with van der Waals surface area (Å²) < 4.78 is 43.2. The highest BCUT2D eigenvalue weighted by Crippen LogP contribution is 2.33. The van der Waals surface area contributed by atoms with Crippen LogP contribution in [0.5, 0.6) is 0 Å². The van der Waals surface area contributed by atoms with E-state index in [0.717, 1.165) is 11.6 Å². The van der Waals surface area contributed by atoms with E-state index in [4.69, 9.17) is 23.2 Å². The smallest absolute Gasteiger partial charge is 0.363 e. The summed E-state index contributed by atoms with van der Waals surface area (Å²) in [6.45, 7) is 6.45. The molecule has 11 heteroatoms. The molecular formula is C30H35F3N6OS. The number of carbonyl (C=O) groups excluding carboxylic acids is 1. The molecule has 0 aliphatic carbocycles. The first-order chi connectivity index (χ1) is 19.4. The summed E-state index contributed by atoms with van der Waals surface area (Å²) in [6, 6.07) is 14.6. The first-order valence-electron chi connectivity index (χ1n) is 13.4. The highest BCUT2D eigenvalue weighted by molar-refractivity contribution is 7.80. The van der Waals surface area contributed by atoms with Gasteiger partial charge in [-0.25, -0.2) is 4.98 Å². The molecule has 0 saturated heterocycles. The topological polar surface area (TPSA) is 100.0 Å². The van der Waals surface area contributed by atoms with Crippen molar-refractivity contribution in [1.82, 2.24) is 19.8 Å². The fourth-order valence-corrected chi connectivity index (χ4v) is 5.03. The van der Waals surface area contributed by atoms with Gasteiger partial charge in [0, 0.05) is 37.9 Å². The molecule has 3 N–H and O–H groups in total. The van der Waals surface area contributed by atoms with E-state index in [2.05, 4.69) is 16.4 Å². The molecule has 3 rings (SSSR count). The molecule has 0 aliphatic heterocycles. The first kappa shape index (κ1) is 31.8. The Morgan fingerprint density at radius 1 is 1.20 bits per heavy atom. The molecule has 0 spiro atoms. The SMILES string of the molecule is CCNC(=S)N(Cc1ccccc1C(F)(F)F)C(N)[C@H](CC(C)C)C(=O)Cc1cncn1Cc1ccc(C#N)cc1. The van der Waals surface area contributed by atoms with Gasteiger partial charge in [0.15, 0.2) is 5.11 Å². The molecule has 0 bridgehead atoms. The summed E-state index contributed by atoms with van der Waals surface area (Å²) in [5.41, 5.74) is 8.15. The fourth-order valence-electron chi connectivity index (χ4n) is 4.70. The Labute approximate surface area is 244 Å². The number of hydrogen-bond donors (Lipinski definition) is 2. The second-order valence-electron chi connectivity index (χ2n) is 10.3. The average molecular weight is 585 g/mol. The van der Waals surface area contributed by atoms with Crippen molar-refractivity contribution < 1.29 is 18.0 Å². The number of Topliss-reactive ketones (excluding diaryl/α,β-unsaturated/α-hetero) is 1. The summed E-state index contributed by atoms with van der Waals surface area (Å²) >= 11 is 5.54. The number of ketones is 1. The van der Waals surface area contributed by atoms with E-state index in [1.165, 1.54) is 23.1 Å². The Morgan fingerprint density at radius 2 is 1.88 bits per heavy atom. The van der Waals surface area contributed by atoms with Crippen LogP contribution in [0.1, 0.15) is 55.1 Å². The van der Waals surface area contributed by atoms with E-state index in [9.17, 15) is 18.0 Å². The zero-order valence-corrected chi connectivity index (χ0v) is 24.2. The van der Waals surface area contributed by atoms with E-state index >= 15 is 0 Å². The number of rotatable bonds is 12. The third kappa shape index (κ3) is 8.62. The van der Waals surface area contributed by atoms with Crippen LogP contribution >= 0.6 is 12.2 Å². The number of hydrogen-bond acceptors (Lipinski definition) is 5. The van der Waals surface area contributed by atoms with E-state index < -0.39 is 23.8 Å². The maximum atomic E-state index is 13.8. The number of nitrogens with zero attached hydrogens (tertiary/aromatic N) is 4. The fraction of sp³-hybridized carbons (Fsp3) is 0.400. The maximum absolute atomic E-state index is 13.8. The van der Waals surface area contributed by atoms with Crippen LogP contribution in [0.2, 0.25) is 0 Å². The number of nitrogens with two attached hydrogens (primary N) is 1. The van der Waals surface area contributed by atoms with Gasteiger partial charge in [0.05, 0.1) is 35.6 Å². The Morgan fingerprint density at radius 3 is 2.49 bits per heavy atom. The van der Waals surface area contributed by atoms with Crippen LogP contribution in [0.15, 0.2) is 61.1 Å². The molecule has 2 atom stereocenters. The van der Waals surface area contributed by atoms with Crippen molar-refractivity contribution in [3.8, 4) is 6.07 Å². The van der Waals surface area contributed by atoms with E-state index in [-0.39, 0.29) is 35.3 Å². The minimum absolute atomic E-state index is 0.0203. The van der Waals surface area contributed by atoms with Crippen LogP contribution in [0.3, 0.4) is 0 Å². The van der Waals surface area contributed by atoms with Crippen molar-refractivity contribution in [2.75, 3.05) is 6.54 Å². The van der Waals surface area contributed by atoms with Crippen molar-refractivity contribution in [2.45, 2.75) is 59.0 Å². The number of benzene rings is 2. The predicted octanol–water partition coefficient (Wildman–Crippen LogP) is 5.28. The maximum Gasteiger partial charge on any atom is 0.416 e. The van der Waals surface area contributed by atoms with Crippen LogP contribution in [-0.4, -0.2) is 38.1 Å². The first-order valence-corrected chi connectivity index (χ1v) is 13.8. The third-order valence-corrected chi connectivity index (χ3v) is 7.13. The van der Waals surface area contributed by atoms with Crippen molar-refractivity contribution in [1.29, 1.82) is 5.26 Å². The van der Waals surface area contributed by atoms with Gasteiger partial charge in [0.1, 0.15) is 5.78 Å². The second-order valence-corrected chi connectivity index (χ2v) is 10.7. The highest BCUT2D eigenvalue weighted by Gasteiger charge is 2.36. The Balaban J connectivity index is 1.88. The highest BCUT2D eigenvalue weighted by atomic mass is 32.1. The molecule has 7 nitrogen and oxygen atoms in total. The van der Waals surface area contributed by atoms with Crippen LogP contribution in [0.4, 0.5) is 13.2 Å². The number of halogens is 3. The standard InChI is InChI=1S/C30H35F3N6OS/c1-4-37-29(41)39(18-23-7-5-6-8-26(23)30(31,32)33)28(35)25(13-20(2)3)27(40)14-24-16-36-19-38(24)17-22-11-9-21(15-34)10-12-22/h5-12,16,19-20,25,28H,4,13-14,17-18,35H2,1-3H3,(H,37,41)/t25-,28?/m1/s1. The lowest BCUT2D eigenvalue weighted by Gasteiger charge is -2.37. The molecule has 0 saturated carbocycles. The minimum atomic E-state index is -4.55. The monoisotopic (exact) mass is 584 g/mol. The van der Waals surface area contributed by atoms with Gasteiger partial charge in [-0.15, -0.1) is 0 Å². The summed E-state index contributed by atoms with van der Waals surface area (Å²) in [5, 5.41) is 12.2. The molecule has 3 aromatic rings. The lowest BCUT2D eigenvalue weighted by Crippen LogP contribution is -2.55. The van der Waals surface area contributed by atoms with Gasteiger partial charge in [-0.3, -0.25) is 4.79 Å². The van der Waals surface area contributed by atoms with E-state index in [0.29, 0.717) is 30.8 Å². The van der Waals surface area contributed by atoms with Gasteiger partial charge in [-0.2, -0.15) is 18.4 Å².